The van der Waals surface area contributed by atoms with E-state index in [1.165, 1.54) is 0 Å². The molecule has 0 spiro atoms. The maximum atomic E-state index is 10.9. The van der Waals surface area contributed by atoms with Crippen LogP contribution < -0.4 is 11.0 Å². The van der Waals surface area contributed by atoms with Crippen molar-refractivity contribution in [1.82, 2.24) is 9.97 Å². The Labute approximate surface area is 79.1 Å². The van der Waals surface area contributed by atoms with Crippen LogP contribution in [0.5, 0.6) is 0 Å². The van der Waals surface area contributed by atoms with E-state index in [2.05, 4.69) is 15.3 Å². The Morgan fingerprint density at radius 1 is 1.29 bits per heavy atom. The first-order chi connectivity index (χ1) is 6.79. The minimum absolute atomic E-state index is 0.229. The van der Waals surface area contributed by atoms with E-state index in [0.29, 0.717) is 0 Å². The van der Waals surface area contributed by atoms with Crippen LogP contribution in [0.3, 0.4) is 0 Å². The van der Waals surface area contributed by atoms with Gasteiger partial charge < -0.3 is 20.1 Å². The highest BCUT2D eigenvalue weighted by molar-refractivity contribution is 5.79. The van der Waals surface area contributed by atoms with Crippen LogP contribution >= 0.6 is 0 Å². The van der Waals surface area contributed by atoms with Gasteiger partial charge in [-0.15, -0.1) is 0 Å². The molecule has 2 rings (SSSR count). The Kier molecular flexibility index (Phi) is 2.06. The fourth-order valence-corrected chi connectivity index (χ4v) is 1.30. The van der Waals surface area contributed by atoms with Gasteiger partial charge in [-0.3, -0.25) is 0 Å². The summed E-state index contributed by atoms with van der Waals surface area (Å²) in [6.45, 7) is 0.264. The van der Waals surface area contributed by atoms with E-state index in [1.54, 1.807) is 18.2 Å². The van der Waals surface area contributed by atoms with Gasteiger partial charge in [-0.05, 0) is 18.2 Å². The average Bonchev–Trinajstić information content (AvgIpc) is 2.54. The molecule has 0 saturated heterocycles. The van der Waals surface area contributed by atoms with Gasteiger partial charge in [-0.1, -0.05) is 0 Å². The van der Waals surface area contributed by atoms with Gasteiger partial charge in [0.05, 0.1) is 17.6 Å². The van der Waals surface area contributed by atoms with Crippen LogP contribution in [0.25, 0.3) is 11.0 Å². The van der Waals surface area contributed by atoms with Crippen LogP contribution in [0.15, 0.2) is 23.0 Å². The third kappa shape index (κ3) is 1.52. The van der Waals surface area contributed by atoms with Gasteiger partial charge >= 0.3 is 5.69 Å². The number of carbonyl (C=O) groups is 1. The fourth-order valence-electron chi connectivity index (χ4n) is 1.30. The molecule has 0 aliphatic rings. The van der Waals surface area contributed by atoms with E-state index in [9.17, 15) is 9.59 Å². The molecule has 0 aliphatic carbocycles. The summed E-state index contributed by atoms with van der Waals surface area (Å²) >= 11 is 0. The quantitative estimate of drug-likeness (QED) is 0.617. The second-order valence-corrected chi connectivity index (χ2v) is 2.89. The summed E-state index contributed by atoms with van der Waals surface area (Å²) in [5.41, 5.74) is 2.06. The topological polar surface area (TPSA) is 77.8 Å². The summed E-state index contributed by atoms with van der Waals surface area (Å²) in [5, 5.41) is 2.89. The van der Waals surface area contributed by atoms with Crippen molar-refractivity contribution in [1.29, 1.82) is 0 Å². The maximum Gasteiger partial charge on any atom is 0.323 e. The third-order valence-electron chi connectivity index (χ3n) is 1.91. The van der Waals surface area contributed by atoms with Gasteiger partial charge in [-0.2, -0.15) is 0 Å². The molecule has 0 atom stereocenters. The van der Waals surface area contributed by atoms with Crippen LogP contribution in [0.2, 0.25) is 0 Å². The number of hydrogen-bond donors (Lipinski definition) is 3. The highest BCUT2D eigenvalue weighted by Crippen LogP contribution is 2.13. The van der Waals surface area contributed by atoms with E-state index in [4.69, 9.17) is 0 Å². The Morgan fingerprint density at radius 2 is 2.07 bits per heavy atom. The molecule has 14 heavy (non-hydrogen) atoms. The number of H-pyrrole nitrogens is 2. The number of benzene rings is 1. The second-order valence-electron chi connectivity index (χ2n) is 2.89. The summed E-state index contributed by atoms with van der Waals surface area (Å²) < 4.78 is 0. The molecule has 0 fully saturated rings. The fraction of sp³-hybridized carbons (Fsp3) is 0.111. The normalized spacial score (nSPS) is 10.3. The van der Waals surface area contributed by atoms with Gasteiger partial charge in [0.15, 0.2) is 0 Å². The molecule has 3 N–H and O–H groups in total. The largest absolute Gasteiger partial charge is 0.378 e. The summed E-state index contributed by atoms with van der Waals surface area (Å²) in [6.07, 6.45) is 0.782. The molecule has 0 amide bonds. The van der Waals surface area contributed by atoms with Gasteiger partial charge in [-0.25, -0.2) is 4.79 Å². The van der Waals surface area contributed by atoms with Gasteiger partial charge in [0.25, 0.3) is 0 Å². The minimum atomic E-state index is -0.229. The standard InChI is InChI=1S/C9H9N3O2/c13-4-3-10-6-1-2-7-8(5-6)12-9(14)11-7/h1-2,4-5,10H,3H2,(H2,11,12,14). The molecule has 5 nitrogen and oxygen atoms in total. The third-order valence-corrected chi connectivity index (χ3v) is 1.91. The number of nitrogens with one attached hydrogen (secondary N) is 3. The molecule has 0 aliphatic heterocycles. The van der Waals surface area contributed by atoms with Crippen LogP contribution in [0.1, 0.15) is 0 Å². The van der Waals surface area contributed by atoms with Crippen molar-refractivity contribution in [3.05, 3.63) is 28.7 Å². The number of imidazole rings is 1. The number of anilines is 1. The SMILES string of the molecule is O=CCNc1ccc2[nH]c(=O)[nH]c2c1. The lowest BCUT2D eigenvalue weighted by molar-refractivity contribution is -0.106. The second kappa shape index (κ2) is 3.37. The smallest absolute Gasteiger partial charge is 0.323 e. The molecule has 0 unspecified atom stereocenters. The Bertz CT molecular complexity index is 512. The summed E-state index contributed by atoms with van der Waals surface area (Å²) in [7, 11) is 0. The highest BCUT2D eigenvalue weighted by atomic mass is 16.1. The van der Waals surface area contributed by atoms with E-state index in [-0.39, 0.29) is 12.2 Å². The van der Waals surface area contributed by atoms with Gasteiger partial charge in [0.2, 0.25) is 0 Å². The zero-order valence-corrected chi connectivity index (χ0v) is 7.33. The number of aldehydes is 1. The molecule has 0 radical (unpaired) electrons. The van der Waals surface area contributed by atoms with E-state index in [1.807, 2.05) is 0 Å². The zero-order valence-electron chi connectivity index (χ0n) is 7.33. The molecule has 2 aromatic rings. The lowest BCUT2D eigenvalue weighted by Crippen LogP contribution is -2.01. The first kappa shape index (κ1) is 8.55. The molecular formula is C9H9N3O2. The van der Waals surface area contributed by atoms with Gasteiger partial charge in [0, 0.05) is 5.69 Å². The number of hydrogen-bond acceptors (Lipinski definition) is 3. The van der Waals surface area contributed by atoms with Crippen molar-refractivity contribution in [3.8, 4) is 0 Å². The number of carbonyl (C=O) groups excluding carboxylic acids is 1. The first-order valence-electron chi connectivity index (χ1n) is 4.19. The van der Waals surface area contributed by atoms with Crippen molar-refractivity contribution < 1.29 is 4.79 Å². The summed E-state index contributed by atoms with van der Waals surface area (Å²) in [4.78, 5) is 26.3. The molecule has 1 aromatic heterocycles. The Morgan fingerprint density at radius 3 is 2.86 bits per heavy atom. The van der Waals surface area contributed by atoms with Crippen molar-refractivity contribution in [3.63, 3.8) is 0 Å². The summed E-state index contributed by atoms with van der Waals surface area (Å²) in [5.74, 6) is 0. The first-order valence-corrected chi connectivity index (χ1v) is 4.19. The molecule has 0 bridgehead atoms. The van der Waals surface area contributed by atoms with Crippen molar-refractivity contribution in [2.45, 2.75) is 0 Å². The Hall–Kier alpha value is -2.04. The highest BCUT2D eigenvalue weighted by Gasteiger charge is 1.98. The number of rotatable bonds is 3. The predicted octanol–water partition coefficient (Wildman–Crippen LogP) is 0.467. The molecule has 5 heteroatoms. The van der Waals surface area contributed by atoms with Crippen LogP contribution in [-0.2, 0) is 4.79 Å². The zero-order chi connectivity index (χ0) is 9.97. The van der Waals surface area contributed by atoms with Crippen LogP contribution in [0, 0.1) is 0 Å². The van der Waals surface area contributed by atoms with Gasteiger partial charge in [0.1, 0.15) is 6.29 Å². The maximum absolute atomic E-state index is 10.9. The monoisotopic (exact) mass is 191 g/mol. The van der Waals surface area contributed by atoms with Crippen molar-refractivity contribution in [2.24, 2.45) is 0 Å². The lowest BCUT2D eigenvalue weighted by Gasteiger charge is -2.00. The molecular weight excluding hydrogens is 182 g/mol. The summed E-state index contributed by atoms with van der Waals surface area (Å²) in [6, 6.07) is 5.35. The molecule has 0 saturated carbocycles. The number of aromatic nitrogens is 2. The Balaban J connectivity index is 2.40. The predicted molar refractivity (Wildman–Crippen MR) is 53.5 cm³/mol. The lowest BCUT2D eigenvalue weighted by atomic mass is 10.3. The average molecular weight is 191 g/mol. The van der Waals surface area contributed by atoms with E-state index >= 15 is 0 Å². The van der Waals surface area contributed by atoms with Crippen LogP contribution in [-0.4, -0.2) is 22.8 Å². The van der Waals surface area contributed by atoms with Crippen molar-refractivity contribution >= 4 is 23.0 Å². The number of fused-ring (bicyclic) bond motifs is 1. The molecule has 1 aromatic carbocycles. The minimum Gasteiger partial charge on any atom is -0.378 e. The molecule has 1 heterocycles. The number of aromatic amines is 2. The van der Waals surface area contributed by atoms with E-state index in [0.717, 1.165) is 23.0 Å². The van der Waals surface area contributed by atoms with Crippen molar-refractivity contribution in [2.75, 3.05) is 11.9 Å². The van der Waals surface area contributed by atoms with E-state index < -0.39 is 0 Å². The van der Waals surface area contributed by atoms with Crippen LogP contribution in [0.4, 0.5) is 5.69 Å². The molecule has 72 valence electrons.